The molecule has 1 saturated heterocycles. The molecule has 1 aliphatic heterocycles. The normalized spacial score (nSPS) is 37.9. The van der Waals surface area contributed by atoms with E-state index in [4.69, 9.17) is 4.74 Å². The first-order valence-corrected chi connectivity index (χ1v) is 4.20. The second kappa shape index (κ2) is 3.52. The van der Waals surface area contributed by atoms with Gasteiger partial charge in [-0.05, 0) is 0 Å². The molecular formula is C8H18NO2+. The Morgan fingerprint density at radius 3 is 2.82 bits per heavy atom. The third kappa shape index (κ3) is 1.92. The van der Waals surface area contributed by atoms with Crippen molar-refractivity contribution >= 4 is 0 Å². The van der Waals surface area contributed by atoms with Gasteiger partial charge in [-0.15, -0.1) is 0 Å². The molecule has 0 aromatic carbocycles. The lowest BCUT2D eigenvalue weighted by molar-refractivity contribution is -0.941. The fourth-order valence-corrected chi connectivity index (χ4v) is 1.66. The smallest absolute Gasteiger partial charge is 0.190 e. The molecule has 1 heterocycles. The van der Waals surface area contributed by atoms with Crippen LogP contribution in [-0.4, -0.2) is 49.7 Å². The van der Waals surface area contributed by atoms with Crippen LogP contribution in [0.25, 0.3) is 0 Å². The number of nitrogens with zero attached hydrogens (tertiary/aromatic N) is 1. The van der Waals surface area contributed by atoms with E-state index in [9.17, 15) is 5.11 Å². The first-order chi connectivity index (χ1) is 5.19. The summed E-state index contributed by atoms with van der Waals surface area (Å²) in [5.41, 5.74) is 0. The number of likely N-dealkylation sites (N-methyl/N-ethyl adjacent to an activating group) is 1. The van der Waals surface area contributed by atoms with Gasteiger partial charge in [0.05, 0.1) is 20.2 Å². The molecule has 1 rings (SSSR count). The Labute approximate surface area is 68.2 Å². The third-order valence-corrected chi connectivity index (χ3v) is 2.66. The van der Waals surface area contributed by atoms with Gasteiger partial charge in [0.2, 0.25) is 0 Å². The van der Waals surface area contributed by atoms with Crippen LogP contribution in [0.15, 0.2) is 0 Å². The Kier molecular flexibility index (Phi) is 2.87. The van der Waals surface area contributed by atoms with Crippen molar-refractivity contribution in [3.8, 4) is 0 Å². The maximum absolute atomic E-state index is 9.59. The van der Waals surface area contributed by atoms with E-state index < -0.39 is 0 Å². The molecule has 1 N–H and O–H groups in total. The lowest BCUT2D eigenvalue weighted by atomic mass is 10.4. The predicted octanol–water partition coefficient (Wildman–Crippen LogP) is 0.192. The number of hydrogen-bond acceptors (Lipinski definition) is 2. The Balaban J connectivity index is 2.38. The number of hydrogen-bond donors (Lipinski definition) is 1. The van der Waals surface area contributed by atoms with Gasteiger partial charge in [-0.2, -0.15) is 0 Å². The van der Waals surface area contributed by atoms with Gasteiger partial charge in [0.1, 0.15) is 6.54 Å². The van der Waals surface area contributed by atoms with Crippen molar-refractivity contribution in [1.82, 2.24) is 0 Å². The van der Waals surface area contributed by atoms with Crippen LogP contribution in [0.3, 0.4) is 0 Å². The van der Waals surface area contributed by atoms with Gasteiger partial charge in [-0.3, -0.25) is 4.48 Å². The summed E-state index contributed by atoms with van der Waals surface area (Å²) in [6.45, 7) is 2.76. The van der Waals surface area contributed by atoms with Crippen LogP contribution < -0.4 is 0 Å². The van der Waals surface area contributed by atoms with E-state index in [0.29, 0.717) is 0 Å². The zero-order valence-corrected chi connectivity index (χ0v) is 7.42. The molecule has 0 radical (unpaired) electrons. The van der Waals surface area contributed by atoms with E-state index in [1.807, 2.05) is 0 Å². The average molecular weight is 160 g/mol. The van der Waals surface area contributed by atoms with Crippen molar-refractivity contribution in [2.75, 3.05) is 33.9 Å². The fraction of sp³-hybridized carbons (Fsp3) is 1.00. The number of likely N-dealkylation sites (tertiary alicyclic amines) is 1. The van der Waals surface area contributed by atoms with Crippen LogP contribution in [0.5, 0.6) is 0 Å². The summed E-state index contributed by atoms with van der Waals surface area (Å²) < 4.78 is 5.76. The van der Waals surface area contributed by atoms with Crippen molar-refractivity contribution in [2.24, 2.45) is 0 Å². The first kappa shape index (κ1) is 8.97. The number of aliphatic hydroxyl groups is 1. The largest absolute Gasteiger partial charge is 0.379 e. The lowest BCUT2D eigenvalue weighted by Gasteiger charge is -2.32. The molecule has 2 atom stereocenters. The van der Waals surface area contributed by atoms with Crippen molar-refractivity contribution in [1.29, 1.82) is 0 Å². The van der Waals surface area contributed by atoms with Crippen LogP contribution >= 0.6 is 0 Å². The van der Waals surface area contributed by atoms with Crippen LogP contribution in [-0.2, 0) is 4.74 Å². The number of ether oxygens (including phenoxy) is 1. The summed E-state index contributed by atoms with van der Waals surface area (Å²) in [5, 5.41) is 9.59. The molecule has 0 saturated carbocycles. The molecule has 0 amide bonds. The molecule has 3 heteroatoms. The molecule has 0 aliphatic carbocycles. The van der Waals surface area contributed by atoms with Gasteiger partial charge in [0.25, 0.3) is 0 Å². The maximum atomic E-state index is 9.59. The van der Waals surface area contributed by atoms with E-state index in [-0.39, 0.29) is 6.23 Å². The van der Waals surface area contributed by atoms with Gasteiger partial charge in [0, 0.05) is 20.0 Å². The standard InChI is InChI=1S/C8H18NO2/c1-9(6-7-11-2)5-3-4-8(9)10/h8,10H,3-7H2,1-2H3/q+1. The van der Waals surface area contributed by atoms with Crippen molar-refractivity contribution < 1.29 is 14.3 Å². The molecule has 1 fully saturated rings. The Hall–Kier alpha value is -0.120. The van der Waals surface area contributed by atoms with Gasteiger partial charge >= 0.3 is 0 Å². The number of quaternary nitrogens is 1. The molecule has 0 aromatic rings. The Bertz CT molecular complexity index is 129. The first-order valence-electron chi connectivity index (χ1n) is 4.20. The molecule has 3 nitrogen and oxygen atoms in total. The van der Waals surface area contributed by atoms with Gasteiger partial charge in [-0.1, -0.05) is 0 Å². The van der Waals surface area contributed by atoms with Crippen molar-refractivity contribution in [3.63, 3.8) is 0 Å². The molecule has 0 bridgehead atoms. The van der Waals surface area contributed by atoms with Crippen LogP contribution in [0, 0.1) is 0 Å². The van der Waals surface area contributed by atoms with E-state index >= 15 is 0 Å². The average Bonchev–Trinajstić information content (AvgIpc) is 2.30. The highest BCUT2D eigenvalue weighted by atomic mass is 16.5. The molecule has 11 heavy (non-hydrogen) atoms. The second-order valence-electron chi connectivity index (χ2n) is 3.54. The number of methoxy groups -OCH3 is 1. The van der Waals surface area contributed by atoms with E-state index in [1.54, 1.807) is 7.11 Å². The number of rotatable bonds is 3. The highest BCUT2D eigenvalue weighted by molar-refractivity contribution is 4.55. The number of aliphatic hydroxyl groups excluding tert-OH is 1. The molecular weight excluding hydrogens is 142 g/mol. The summed E-state index contributed by atoms with van der Waals surface area (Å²) >= 11 is 0. The highest BCUT2D eigenvalue weighted by Gasteiger charge is 2.35. The van der Waals surface area contributed by atoms with E-state index in [1.165, 1.54) is 0 Å². The zero-order chi connectivity index (χ0) is 8.32. The molecule has 0 spiro atoms. The van der Waals surface area contributed by atoms with Crippen LogP contribution in [0.1, 0.15) is 12.8 Å². The monoisotopic (exact) mass is 160 g/mol. The predicted molar refractivity (Wildman–Crippen MR) is 43.0 cm³/mol. The minimum absolute atomic E-state index is 0.162. The maximum Gasteiger partial charge on any atom is 0.190 e. The van der Waals surface area contributed by atoms with E-state index in [0.717, 1.165) is 37.0 Å². The summed E-state index contributed by atoms with van der Waals surface area (Å²) in [4.78, 5) is 0. The minimum Gasteiger partial charge on any atom is -0.379 e. The Morgan fingerprint density at radius 2 is 2.36 bits per heavy atom. The molecule has 1 aliphatic rings. The summed E-state index contributed by atoms with van der Waals surface area (Å²) in [5.74, 6) is 0. The SMILES string of the molecule is COCC[N+]1(C)CCCC1O. The molecule has 66 valence electrons. The van der Waals surface area contributed by atoms with Crippen LogP contribution in [0.4, 0.5) is 0 Å². The lowest BCUT2D eigenvalue weighted by Crippen LogP contribution is -2.49. The quantitative estimate of drug-likeness (QED) is 0.597. The summed E-state index contributed by atoms with van der Waals surface area (Å²) in [7, 11) is 3.80. The second-order valence-corrected chi connectivity index (χ2v) is 3.54. The molecule has 0 aromatic heterocycles. The third-order valence-electron chi connectivity index (χ3n) is 2.66. The summed E-state index contributed by atoms with van der Waals surface area (Å²) in [6.07, 6.45) is 1.92. The highest BCUT2D eigenvalue weighted by Crippen LogP contribution is 2.21. The van der Waals surface area contributed by atoms with Gasteiger partial charge in [-0.25, -0.2) is 0 Å². The van der Waals surface area contributed by atoms with Crippen molar-refractivity contribution in [2.45, 2.75) is 19.1 Å². The Morgan fingerprint density at radius 1 is 1.64 bits per heavy atom. The topological polar surface area (TPSA) is 29.5 Å². The van der Waals surface area contributed by atoms with E-state index in [2.05, 4.69) is 7.05 Å². The van der Waals surface area contributed by atoms with Gasteiger partial charge in [0.15, 0.2) is 6.23 Å². The van der Waals surface area contributed by atoms with Gasteiger partial charge < -0.3 is 9.84 Å². The van der Waals surface area contributed by atoms with Crippen molar-refractivity contribution in [3.05, 3.63) is 0 Å². The fourth-order valence-electron chi connectivity index (χ4n) is 1.66. The van der Waals surface area contributed by atoms with Crippen LogP contribution in [0.2, 0.25) is 0 Å². The molecule has 2 unspecified atom stereocenters. The summed E-state index contributed by atoms with van der Waals surface area (Å²) in [6, 6.07) is 0. The minimum atomic E-state index is -0.162. The zero-order valence-electron chi connectivity index (χ0n) is 7.42.